The van der Waals surface area contributed by atoms with Crippen molar-refractivity contribution in [3.63, 3.8) is 0 Å². The number of rotatable bonds is 16. The van der Waals surface area contributed by atoms with Crippen molar-refractivity contribution in [2.45, 2.75) is 65.7 Å². The topological polar surface area (TPSA) is 58.2 Å². The molecule has 0 aliphatic carbocycles. The second-order valence-electron chi connectivity index (χ2n) is 8.23. The molecule has 1 amide bonds. The number of benzene rings is 1. The molecule has 33 heavy (non-hydrogen) atoms. The molecule has 0 fully saturated rings. The van der Waals surface area contributed by atoms with Gasteiger partial charge in [-0.15, -0.1) is 0 Å². The standard InChI is InChI=1S/C28H39ClN2O2/c1-6-7-16-28(33)31-18-13-9-8-12-17-30-24(5)21(2)19-27(23(4)29)22(3)26-15-11-10-14-25(26)20-32/h10-11,14-15,19-20,30H,3,5-9,12-13,16-18H2,1-2,4H3,(H,31,33)/b21-19+,27-23+. The van der Waals surface area contributed by atoms with Gasteiger partial charge in [-0.1, -0.05) is 75.2 Å². The molecule has 5 heteroatoms. The van der Waals surface area contributed by atoms with Crippen molar-refractivity contribution >= 4 is 29.4 Å². The lowest BCUT2D eigenvalue weighted by molar-refractivity contribution is -0.121. The van der Waals surface area contributed by atoms with Crippen LogP contribution in [0.25, 0.3) is 5.57 Å². The van der Waals surface area contributed by atoms with E-state index in [-0.39, 0.29) is 5.91 Å². The van der Waals surface area contributed by atoms with Crippen LogP contribution in [-0.4, -0.2) is 25.3 Å². The molecule has 0 aromatic heterocycles. The highest BCUT2D eigenvalue weighted by Gasteiger charge is 2.11. The molecule has 1 aromatic carbocycles. The number of unbranched alkanes of at least 4 members (excludes halogenated alkanes) is 4. The average molecular weight is 471 g/mol. The number of aldehydes is 1. The van der Waals surface area contributed by atoms with Gasteiger partial charge >= 0.3 is 0 Å². The van der Waals surface area contributed by atoms with Crippen LogP contribution < -0.4 is 10.6 Å². The van der Waals surface area contributed by atoms with E-state index in [1.165, 1.54) is 0 Å². The van der Waals surface area contributed by atoms with E-state index in [2.05, 4.69) is 30.7 Å². The fraction of sp³-hybridized carbons (Fsp3) is 0.429. The van der Waals surface area contributed by atoms with Gasteiger partial charge in [-0.25, -0.2) is 0 Å². The Morgan fingerprint density at radius 3 is 2.24 bits per heavy atom. The summed E-state index contributed by atoms with van der Waals surface area (Å²) in [4.78, 5) is 23.0. The Balaban J connectivity index is 2.48. The van der Waals surface area contributed by atoms with E-state index in [1.807, 2.05) is 38.1 Å². The molecule has 0 heterocycles. The number of hydrogen-bond acceptors (Lipinski definition) is 3. The number of carbonyl (C=O) groups is 2. The minimum absolute atomic E-state index is 0.162. The molecular weight excluding hydrogens is 432 g/mol. The molecule has 1 aromatic rings. The molecule has 0 spiro atoms. The lowest BCUT2D eigenvalue weighted by atomic mass is 9.93. The molecule has 2 N–H and O–H groups in total. The Bertz CT molecular complexity index is 880. The zero-order valence-electron chi connectivity index (χ0n) is 20.4. The molecule has 0 saturated carbocycles. The highest BCUT2D eigenvalue weighted by molar-refractivity contribution is 6.30. The predicted octanol–water partition coefficient (Wildman–Crippen LogP) is 6.94. The summed E-state index contributed by atoms with van der Waals surface area (Å²) < 4.78 is 0. The summed E-state index contributed by atoms with van der Waals surface area (Å²) in [7, 11) is 0. The van der Waals surface area contributed by atoms with Gasteiger partial charge in [0, 0.05) is 35.8 Å². The summed E-state index contributed by atoms with van der Waals surface area (Å²) in [6, 6.07) is 7.35. The van der Waals surface area contributed by atoms with E-state index in [1.54, 1.807) is 6.07 Å². The highest BCUT2D eigenvalue weighted by Crippen LogP contribution is 2.30. The molecule has 0 bridgehead atoms. The van der Waals surface area contributed by atoms with Crippen LogP contribution in [0.1, 0.15) is 81.6 Å². The maximum absolute atomic E-state index is 11.6. The Morgan fingerprint density at radius 1 is 1.00 bits per heavy atom. The van der Waals surface area contributed by atoms with Crippen LogP contribution in [0, 0.1) is 0 Å². The molecule has 180 valence electrons. The normalized spacial score (nSPS) is 12.1. The van der Waals surface area contributed by atoms with E-state index in [9.17, 15) is 9.59 Å². The highest BCUT2D eigenvalue weighted by atomic mass is 35.5. The number of allylic oxidation sites excluding steroid dienone is 5. The van der Waals surface area contributed by atoms with Gasteiger partial charge in [-0.3, -0.25) is 9.59 Å². The van der Waals surface area contributed by atoms with Gasteiger partial charge in [0.2, 0.25) is 5.91 Å². The number of amides is 1. The van der Waals surface area contributed by atoms with Crippen LogP contribution in [0.2, 0.25) is 0 Å². The number of hydrogen-bond donors (Lipinski definition) is 2. The summed E-state index contributed by atoms with van der Waals surface area (Å²) in [5.41, 5.74) is 4.65. The Hall–Kier alpha value is -2.59. The first kappa shape index (κ1) is 28.4. The van der Waals surface area contributed by atoms with Gasteiger partial charge in [0.15, 0.2) is 6.29 Å². The maximum atomic E-state index is 11.6. The number of carbonyl (C=O) groups excluding carboxylic acids is 2. The predicted molar refractivity (Wildman–Crippen MR) is 141 cm³/mol. The molecule has 1 rings (SSSR count). The van der Waals surface area contributed by atoms with Crippen LogP contribution in [0.5, 0.6) is 0 Å². The maximum Gasteiger partial charge on any atom is 0.219 e. The molecule has 0 aliphatic rings. The minimum atomic E-state index is 0.162. The van der Waals surface area contributed by atoms with Gasteiger partial charge in [0.1, 0.15) is 0 Å². The van der Waals surface area contributed by atoms with Gasteiger partial charge in [0.25, 0.3) is 0 Å². The van der Waals surface area contributed by atoms with Crippen molar-refractivity contribution in [2.75, 3.05) is 13.1 Å². The molecule has 0 radical (unpaired) electrons. The van der Waals surface area contributed by atoms with Gasteiger partial charge in [0.05, 0.1) is 0 Å². The van der Waals surface area contributed by atoms with Crippen molar-refractivity contribution < 1.29 is 9.59 Å². The summed E-state index contributed by atoms with van der Waals surface area (Å²) in [5.74, 6) is 0.162. The quantitative estimate of drug-likeness (QED) is 0.156. The van der Waals surface area contributed by atoms with Crippen molar-refractivity contribution in [3.8, 4) is 0 Å². The summed E-state index contributed by atoms with van der Waals surface area (Å²) >= 11 is 6.37. The van der Waals surface area contributed by atoms with Crippen LogP contribution in [-0.2, 0) is 4.79 Å². The van der Waals surface area contributed by atoms with Crippen molar-refractivity contribution in [1.29, 1.82) is 0 Å². The van der Waals surface area contributed by atoms with Crippen molar-refractivity contribution in [2.24, 2.45) is 0 Å². The third-order valence-corrected chi connectivity index (χ3v) is 5.67. The van der Waals surface area contributed by atoms with Crippen LogP contribution in [0.15, 0.2) is 65.4 Å². The lowest BCUT2D eigenvalue weighted by Gasteiger charge is -2.14. The van der Waals surface area contributed by atoms with Crippen molar-refractivity contribution in [3.05, 3.63) is 76.5 Å². The molecular formula is C28H39ClN2O2. The largest absolute Gasteiger partial charge is 0.385 e. The fourth-order valence-corrected chi connectivity index (χ4v) is 3.52. The number of nitrogens with one attached hydrogen (secondary N) is 2. The van der Waals surface area contributed by atoms with E-state index < -0.39 is 0 Å². The monoisotopic (exact) mass is 470 g/mol. The van der Waals surface area contributed by atoms with Gasteiger partial charge in [-0.2, -0.15) is 0 Å². The van der Waals surface area contributed by atoms with E-state index in [0.29, 0.717) is 22.6 Å². The first-order valence-electron chi connectivity index (χ1n) is 11.8. The molecule has 4 nitrogen and oxygen atoms in total. The summed E-state index contributed by atoms with van der Waals surface area (Å²) in [6.45, 7) is 15.8. The summed E-state index contributed by atoms with van der Waals surface area (Å²) in [5, 5.41) is 6.96. The van der Waals surface area contributed by atoms with E-state index in [4.69, 9.17) is 11.6 Å². The minimum Gasteiger partial charge on any atom is -0.385 e. The SMILES string of the molecule is C=C(NCCCCCCNC(=O)CCCC)/C(C)=C/C(C(=C)c1ccccc1C=O)=C(/C)Cl. The zero-order valence-corrected chi connectivity index (χ0v) is 21.2. The second kappa shape index (κ2) is 16.1. The first-order chi connectivity index (χ1) is 15.8. The number of halogens is 1. The first-order valence-corrected chi connectivity index (χ1v) is 12.2. The lowest BCUT2D eigenvalue weighted by Crippen LogP contribution is -2.23. The van der Waals surface area contributed by atoms with E-state index >= 15 is 0 Å². The molecule has 0 aliphatic heterocycles. The third kappa shape index (κ3) is 10.7. The fourth-order valence-electron chi connectivity index (χ4n) is 3.35. The van der Waals surface area contributed by atoms with Crippen LogP contribution >= 0.6 is 11.6 Å². The van der Waals surface area contributed by atoms with Gasteiger partial charge < -0.3 is 10.6 Å². The second-order valence-corrected chi connectivity index (χ2v) is 8.80. The van der Waals surface area contributed by atoms with Gasteiger partial charge in [-0.05, 0) is 61.5 Å². The third-order valence-electron chi connectivity index (χ3n) is 5.47. The Morgan fingerprint density at radius 2 is 1.64 bits per heavy atom. The zero-order chi connectivity index (χ0) is 24.6. The Kier molecular flexibility index (Phi) is 13.9. The van der Waals surface area contributed by atoms with E-state index in [0.717, 1.165) is 80.3 Å². The Labute approximate surface area is 204 Å². The van der Waals surface area contributed by atoms with Crippen LogP contribution in [0.4, 0.5) is 0 Å². The van der Waals surface area contributed by atoms with Crippen LogP contribution in [0.3, 0.4) is 0 Å². The molecule has 0 unspecified atom stereocenters. The average Bonchev–Trinajstić information content (AvgIpc) is 2.81. The smallest absolute Gasteiger partial charge is 0.219 e. The van der Waals surface area contributed by atoms with Crippen molar-refractivity contribution in [1.82, 2.24) is 10.6 Å². The molecule has 0 atom stereocenters. The molecule has 0 saturated heterocycles. The summed E-state index contributed by atoms with van der Waals surface area (Å²) in [6.07, 6.45) is 9.65.